The van der Waals surface area contributed by atoms with Crippen molar-refractivity contribution in [2.24, 2.45) is 0 Å². The number of carbonyl (C=O) groups excluding carboxylic acids is 2. The fourth-order valence-corrected chi connectivity index (χ4v) is 3.60. The van der Waals surface area contributed by atoms with E-state index >= 15 is 0 Å². The number of nitrogens with one attached hydrogen (secondary N) is 3. The lowest BCUT2D eigenvalue weighted by Gasteiger charge is -2.10. The lowest BCUT2D eigenvalue weighted by atomic mass is 10.2. The van der Waals surface area contributed by atoms with E-state index in [0.29, 0.717) is 29.0 Å². The molecule has 0 aliphatic carbocycles. The molecule has 1 heterocycles. The van der Waals surface area contributed by atoms with Crippen LogP contribution in [-0.4, -0.2) is 43.6 Å². The molecule has 3 aromatic rings. The average molecular weight is 473 g/mol. The summed E-state index contributed by atoms with van der Waals surface area (Å²) in [5, 5.41) is 9.42. The molecule has 0 aliphatic rings. The van der Waals surface area contributed by atoms with Crippen molar-refractivity contribution >= 4 is 41.0 Å². The Morgan fingerprint density at radius 3 is 2.53 bits per heavy atom. The molecule has 0 unspecified atom stereocenters. The number of carbonyl (C=O) groups is 2. The van der Waals surface area contributed by atoms with Crippen molar-refractivity contribution in [2.75, 3.05) is 32.1 Å². The van der Waals surface area contributed by atoms with Crippen LogP contribution in [0.2, 0.25) is 0 Å². The smallest absolute Gasteiger partial charge is 0.325 e. The zero-order valence-corrected chi connectivity index (χ0v) is 19.2. The molecule has 8 nitrogen and oxygen atoms in total. The van der Waals surface area contributed by atoms with Crippen LogP contribution in [0.5, 0.6) is 11.5 Å². The van der Waals surface area contributed by atoms with Crippen molar-refractivity contribution in [3.8, 4) is 11.5 Å². The zero-order valence-electron chi connectivity index (χ0n) is 17.5. The molecular formula is C22H24N4O4S2. The minimum atomic E-state index is -0.479. The quantitative estimate of drug-likeness (QED) is 0.147. The van der Waals surface area contributed by atoms with Crippen molar-refractivity contribution in [1.82, 2.24) is 15.6 Å². The van der Waals surface area contributed by atoms with E-state index in [4.69, 9.17) is 9.47 Å². The summed E-state index contributed by atoms with van der Waals surface area (Å²) in [6, 6.07) is 14.4. The first-order chi connectivity index (χ1) is 15.5. The highest BCUT2D eigenvalue weighted by Gasteiger charge is 2.16. The van der Waals surface area contributed by atoms with E-state index in [-0.39, 0.29) is 17.9 Å². The summed E-state index contributed by atoms with van der Waals surface area (Å²) in [4.78, 5) is 28.8. The Balaban J connectivity index is 1.39. The number of hydrogen-bond donors (Lipinski definition) is 4. The van der Waals surface area contributed by atoms with Crippen LogP contribution in [0.3, 0.4) is 0 Å². The molecule has 0 aliphatic heterocycles. The molecule has 0 saturated heterocycles. The Morgan fingerprint density at radius 1 is 1.06 bits per heavy atom. The minimum absolute atomic E-state index is 0.0235. The molecule has 0 atom stereocenters. The van der Waals surface area contributed by atoms with E-state index in [9.17, 15) is 9.59 Å². The maximum atomic E-state index is 12.5. The van der Waals surface area contributed by atoms with Gasteiger partial charge in [-0.25, -0.2) is 4.98 Å². The Hall–Kier alpha value is -2.92. The molecule has 2 aromatic carbocycles. The lowest BCUT2D eigenvalue weighted by molar-refractivity contribution is -0.133. The van der Waals surface area contributed by atoms with Gasteiger partial charge in [-0.2, -0.15) is 0 Å². The van der Waals surface area contributed by atoms with Crippen LogP contribution in [0.1, 0.15) is 15.9 Å². The van der Waals surface area contributed by atoms with Gasteiger partial charge in [-0.1, -0.05) is 35.6 Å². The van der Waals surface area contributed by atoms with Crippen molar-refractivity contribution in [3.63, 3.8) is 0 Å². The Labute approximate surface area is 195 Å². The van der Waals surface area contributed by atoms with E-state index in [1.165, 1.54) is 11.3 Å². The second-order valence-corrected chi connectivity index (χ2v) is 8.44. The van der Waals surface area contributed by atoms with Gasteiger partial charge in [0.2, 0.25) is 0 Å². The number of nitrogens with zero attached hydrogens (tertiary/aromatic N) is 1. The van der Waals surface area contributed by atoms with Crippen molar-refractivity contribution < 1.29 is 19.1 Å². The molecule has 0 radical (unpaired) electrons. The summed E-state index contributed by atoms with van der Waals surface area (Å²) < 4.78 is 11.2. The number of hydrogen-bond acceptors (Lipinski definition) is 9. The minimum Gasteiger partial charge on any atom is -0.497 e. The maximum Gasteiger partial charge on any atom is 0.325 e. The molecule has 0 saturated carbocycles. The van der Waals surface area contributed by atoms with Gasteiger partial charge < -0.3 is 20.1 Å². The van der Waals surface area contributed by atoms with Crippen LogP contribution < -0.4 is 25.4 Å². The molecule has 3 rings (SSSR count). The second-order valence-electron chi connectivity index (χ2n) is 6.63. The van der Waals surface area contributed by atoms with E-state index in [1.54, 1.807) is 37.6 Å². The highest BCUT2D eigenvalue weighted by atomic mass is 32.2. The molecule has 168 valence electrons. The first kappa shape index (κ1) is 23.7. The molecule has 32 heavy (non-hydrogen) atoms. The molecule has 3 N–H and O–H groups in total. The highest BCUT2D eigenvalue weighted by Crippen LogP contribution is 2.24. The first-order valence-corrected chi connectivity index (χ1v) is 11.1. The van der Waals surface area contributed by atoms with E-state index in [1.807, 2.05) is 24.3 Å². The van der Waals surface area contributed by atoms with Crippen molar-refractivity contribution in [2.45, 2.75) is 10.8 Å². The van der Waals surface area contributed by atoms with Crippen LogP contribution in [0.15, 0.2) is 58.9 Å². The number of thiol groups is 1. The molecule has 0 bridgehead atoms. The van der Waals surface area contributed by atoms with Gasteiger partial charge in [-0.05, 0) is 29.8 Å². The third kappa shape index (κ3) is 7.34. The number of thiazole rings is 1. The second kappa shape index (κ2) is 12.2. The SMILES string of the molecule is COc1ccc(CNCCNCC(=O)Oc2ccccc2C(=O)Nc2ncc(S)s2)cc1. The number of para-hydroxylation sites is 1. The normalized spacial score (nSPS) is 10.6. The first-order valence-electron chi connectivity index (χ1n) is 9.85. The van der Waals surface area contributed by atoms with Gasteiger partial charge in [0.15, 0.2) is 5.13 Å². The summed E-state index contributed by atoms with van der Waals surface area (Å²) in [6.45, 7) is 2.00. The number of amides is 1. The van der Waals surface area contributed by atoms with Crippen LogP contribution >= 0.6 is 24.0 Å². The van der Waals surface area contributed by atoms with Crippen LogP contribution in [0.25, 0.3) is 0 Å². The summed E-state index contributed by atoms with van der Waals surface area (Å²) in [7, 11) is 1.64. The predicted octanol–water partition coefficient (Wildman–Crippen LogP) is 2.98. The van der Waals surface area contributed by atoms with E-state index in [2.05, 4.69) is 33.6 Å². The predicted molar refractivity (Wildman–Crippen MR) is 127 cm³/mol. The monoisotopic (exact) mass is 472 g/mol. The largest absolute Gasteiger partial charge is 0.497 e. The van der Waals surface area contributed by atoms with Gasteiger partial charge in [-0.15, -0.1) is 12.6 Å². The standard InChI is InChI=1S/C22H24N4O4S2/c1-29-16-8-6-15(7-9-16)12-23-10-11-24-13-19(27)30-18-5-3-2-4-17(18)21(28)26-22-25-14-20(31)32-22/h2-9,14,23-24,31H,10-13H2,1H3,(H,25,26,28). The van der Waals surface area contributed by atoms with Gasteiger partial charge in [0.25, 0.3) is 5.91 Å². The van der Waals surface area contributed by atoms with Crippen molar-refractivity contribution in [3.05, 3.63) is 65.9 Å². The molecule has 0 spiro atoms. The summed E-state index contributed by atoms with van der Waals surface area (Å²) in [5.74, 6) is 0.124. The van der Waals surface area contributed by atoms with Gasteiger partial charge >= 0.3 is 5.97 Å². The molecule has 1 amide bonds. The molecule has 0 fully saturated rings. The number of esters is 1. The molecule has 1 aromatic heterocycles. The Morgan fingerprint density at radius 2 is 1.81 bits per heavy atom. The number of rotatable bonds is 11. The zero-order chi connectivity index (χ0) is 22.8. The van der Waals surface area contributed by atoms with Gasteiger partial charge in [-0.3, -0.25) is 14.9 Å². The average Bonchev–Trinajstić information content (AvgIpc) is 3.21. The van der Waals surface area contributed by atoms with E-state index < -0.39 is 11.9 Å². The van der Waals surface area contributed by atoms with Crippen LogP contribution in [-0.2, 0) is 11.3 Å². The topological polar surface area (TPSA) is 102 Å². The van der Waals surface area contributed by atoms with Crippen LogP contribution in [0, 0.1) is 0 Å². The van der Waals surface area contributed by atoms with Gasteiger partial charge in [0.05, 0.1) is 29.6 Å². The lowest BCUT2D eigenvalue weighted by Crippen LogP contribution is -2.32. The molecule has 10 heteroatoms. The number of aromatic nitrogens is 1. The maximum absolute atomic E-state index is 12.5. The fraction of sp³-hybridized carbons (Fsp3) is 0.227. The third-order valence-electron chi connectivity index (χ3n) is 4.31. The number of benzene rings is 2. The Kier molecular flexibility index (Phi) is 9.05. The summed E-state index contributed by atoms with van der Waals surface area (Å²) in [5.41, 5.74) is 1.39. The van der Waals surface area contributed by atoms with Crippen LogP contribution in [0.4, 0.5) is 5.13 Å². The number of methoxy groups -OCH3 is 1. The third-order valence-corrected chi connectivity index (χ3v) is 5.41. The summed E-state index contributed by atoms with van der Waals surface area (Å²) >= 11 is 5.42. The van der Waals surface area contributed by atoms with Gasteiger partial charge in [0, 0.05) is 19.6 Å². The van der Waals surface area contributed by atoms with E-state index in [0.717, 1.165) is 11.3 Å². The van der Waals surface area contributed by atoms with Crippen molar-refractivity contribution in [1.29, 1.82) is 0 Å². The van der Waals surface area contributed by atoms with Gasteiger partial charge in [0.1, 0.15) is 11.5 Å². The number of ether oxygens (including phenoxy) is 2. The highest BCUT2D eigenvalue weighted by molar-refractivity contribution is 7.83. The fourth-order valence-electron chi connectivity index (χ4n) is 2.73. The summed E-state index contributed by atoms with van der Waals surface area (Å²) in [6.07, 6.45) is 1.55. The Bertz CT molecular complexity index is 1040. The molecular weight excluding hydrogens is 448 g/mol. The number of anilines is 1.